The summed E-state index contributed by atoms with van der Waals surface area (Å²) in [5.41, 5.74) is 0. The maximum atomic E-state index is 9.70. The Morgan fingerprint density at radius 1 is 0.875 bits per heavy atom. The van der Waals surface area contributed by atoms with E-state index in [1.165, 1.54) is 50.7 Å². The number of unbranched alkanes of at least 4 members (excludes halogenated alkanes) is 6. The summed E-state index contributed by atoms with van der Waals surface area (Å²) in [6.07, 6.45) is 11.3. The maximum absolute atomic E-state index is 9.70. The van der Waals surface area contributed by atoms with Crippen molar-refractivity contribution in [1.29, 1.82) is 0 Å². The second-order valence-electron chi connectivity index (χ2n) is 4.55. The largest absolute Gasteiger partial charge is 0.393 e. The number of rotatable bonds is 12. The molecule has 0 aliphatic rings. The minimum absolute atomic E-state index is 0.0466. The molecule has 1 unspecified atom stereocenters. The zero-order valence-corrected chi connectivity index (χ0v) is 12.0. The second kappa shape index (κ2) is 13.4. The molecule has 0 aliphatic carbocycles. The lowest BCUT2D eigenvalue weighted by Gasteiger charge is -2.09. The first-order chi connectivity index (χ1) is 7.81. The van der Waals surface area contributed by atoms with E-state index in [1.54, 1.807) is 0 Å². The van der Waals surface area contributed by atoms with Crippen LogP contribution in [0.3, 0.4) is 0 Å². The summed E-state index contributed by atoms with van der Waals surface area (Å²) in [4.78, 5) is 0. The van der Waals surface area contributed by atoms with E-state index in [4.69, 9.17) is 0 Å². The highest BCUT2D eigenvalue weighted by atomic mass is 32.2. The zero-order chi connectivity index (χ0) is 12.1. The van der Waals surface area contributed by atoms with E-state index in [9.17, 15) is 5.11 Å². The van der Waals surface area contributed by atoms with Crippen LogP contribution in [0.15, 0.2) is 0 Å². The lowest BCUT2D eigenvalue weighted by atomic mass is 10.1. The van der Waals surface area contributed by atoms with Crippen LogP contribution in [0.4, 0.5) is 0 Å². The Kier molecular flexibility index (Phi) is 13.6. The molecule has 0 aromatic heterocycles. The Morgan fingerprint density at radius 2 is 1.50 bits per heavy atom. The molecular weight excluding hydrogens is 216 g/mol. The van der Waals surface area contributed by atoms with Crippen molar-refractivity contribution in [3.8, 4) is 0 Å². The second-order valence-corrected chi connectivity index (χ2v) is 5.94. The molecule has 0 amide bonds. The molecule has 1 atom stereocenters. The van der Waals surface area contributed by atoms with Crippen molar-refractivity contribution in [2.24, 2.45) is 0 Å². The summed E-state index contributed by atoms with van der Waals surface area (Å²) >= 11 is 1.93. The van der Waals surface area contributed by atoms with Crippen molar-refractivity contribution < 1.29 is 5.11 Å². The molecule has 0 aromatic carbocycles. The standard InChI is InChI=1S/C14H30OS/c1-3-5-6-7-8-9-10-11-14(15)12-13-16-4-2/h14-15H,3-13H2,1-2H3. The lowest BCUT2D eigenvalue weighted by Crippen LogP contribution is -2.07. The Bertz CT molecular complexity index is 128. The first-order valence-electron chi connectivity index (χ1n) is 7.07. The summed E-state index contributed by atoms with van der Waals surface area (Å²) in [6, 6.07) is 0. The van der Waals surface area contributed by atoms with Gasteiger partial charge in [-0.25, -0.2) is 0 Å². The number of aliphatic hydroxyl groups is 1. The molecule has 98 valence electrons. The summed E-state index contributed by atoms with van der Waals surface area (Å²) in [6.45, 7) is 4.43. The van der Waals surface area contributed by atoms with Gasteiger partial charge in [-0.2, -0.15) is 11.8 Å². The van der Waals surface area contributed by atoms with Crippen LogP contribution in [-0.4, -0.2) is 22.7 Å². The molecule has 1 nitrogen and oxygen atoms in total. The number of hydrogen-bond acceptors (Lipinski definition) is 2. The molecule has 16 heavy (non-hydrogen) atoms. The Balaban J connectivity index is 3.06. The average Bonchev–Trinajstić information content (AvgIpc) is 2.28. The normalized spacial score (nSPS) is 12.9. The van der Waals surface area contributed by atoms with Gasteiger partial charge >= 0.3 is 0 Å². The molecule has 0 saturated carbocycles. The van der Waals surface area contributed by atoms with E-state index < -0.39 is 0 Å². The van der Waals surface area contributed by atoms with E-state index in [1.807, 2.05) is 11.8 Å². The fraction of sp³-hybridized carbons (Fsp3) is 1.00. The first kappa shape index (κ1) is 16.3. The molecule has 0 saturated heterocycles. The molecule has 0 aliphatic heterocycles. The van der Waals surface area contributed by atoms with Gasteiger partial charge in [-0.3, -0.25) is 0 Å². The van der Waals surface area contributed by atoms with Gasteiger partial charge < -0.3 is 5.11 Å². The molecule has 0 heterocycles. The SMILES string of the molecule is CCCCCCCCCC(O)CCSCC. The third kappa shape index (κ3) is 12.4. The van der Waals surface area contributed by atoms with Gasteiger partial charge in [0.25, 0.3) is 0 Å². The van der Waals surface area contributed by atoms with Crippen molar-refractivity contribution in [2.45, 2.75) is 77.7 Å². The highest BCUT2D eigenvalue weighted by Gasteiger charge is 2.03. The van der Waals surface area contributed by atoms with Gasteiger partial charge in [0.05, 0.1) is 6.10 Å². The topological polar surface area (TPSA) is 20.2 Å². The molecule has 2 heteroatoms. The Labute approximate surface area is 106 Å². The fourth-order valence-corrected chi connectivity index (χ4v) is 2.57. The fourth-order valence-electron chi connectivity index (χ4n) is 1.85. The molecule has 0 radical (unpaired) electrons. The van der Waals surface area contributed by atoms with Crippen LogP contribution in [0.5, 0.6) is 0 Å². The molecule has 1 N–H and O–H groups in total. The monoisotopic (exact) mass is 246 g/mol. The van der Waals surface area contributed by atoms with Crippen LogP contribution >= 0.6 is 11.8 Å². The molecule has 0 fully saturated rings. The van der Waals surface area contributed by atoms with E-state index in [-0.39, 0.29) is 6.10 Å². The van der Waals surface area contributed by atoms with E-state index in [2.05, 4.69) is 13.8 Å². The summed E-state index contributed by atoms with van der Waals surface area (Å²) < 4.78 is 0. The predicted octanol–water partition coefficient (Wildman–Crippen LogP) is 4.63. The van der Waals surface area contributed by atoms with Gasteiger partial charge in [0.1, 0.15) is 0 Å². The third-order valence-corrected chi connectivity index (χ3v) is 3.87. The summed E-state index contributed by atoms with van der Waals surface area (Å²) in [7, 11) is 0. The summed E-state index contributed by atoms with van der Waals surface area (Å²) in [5, 5.41) is 9.70. The van der Waals surface area contributed by atoms with Crippen molar-refractivity contribution in [3.05, 3.63) is 0 Å². The van der Waals surface area contributed by atoms with Crippen LogP contribution in [0, 0.1) is 0 Å². The highest BCUT2D eigenvalue weighted by molar-refractivity contribution is 7.99. The van der Waals surface area contributed by atoms with Gasteiger partial charge in [0.2, 0.25) is 0 Å². The first-order valence-corrected chi connectivity index (χ1v) is 8.22. The Morgan fingerprint density at radius 3 is 2.12 bits per heavy atom. The number of hydrogen-bond donors (Lipinski definition) is 1. The zero-order valence-electron chi connectivity index (χ0n) is 11.2. The molecule has 0 spiro atoms. The predicted molar refractivity (Wildman–Crippen MR) is 76.2 cm³/mol. The van der Waals surface area contributed by atoms with Crippen LogP contribution in [0.2, 0.25) is 0 Å². The Hall–Kier alpha value is 0.310. The van der Waals surface area contributed by atoms with Crippen molar-refractivity contribution >= 4 is 11.8 Å². The van der Waals surface area contributed by atoms with Crippen molar-refractivity contribution in [3.63, 3.8) is 0 Å². The minimum atomic E-state index is -0.0466. The number of thioether (sulfide) groups is 1. The van der Waals surface area contributed by atoms with E-state index in [0.29, 0.717) is 0 Å². The van der Waals surface area contributed by atoms with Gasteiger partial charge in [-0.1, -0.05) is 58.8 Å². The van der Waals surface area contributed by atoms with E-state index >= 15 is 0 Å². The maximum Gasteiger partial charge on any atom is 0.0548 e. The smallest absolute Gasteiger partial charge is 0.0548 e. The minimum Gasteiger partial charge on any atom is -0.393 e. The third-order valence-electron chi connectivity index (χ3n) is 2.94. The lowest BCUT2D eigenvalue weighted by molar-refractivity contribution is 0.157. The molecular formula is C14H30OS. The molecule has 0 bridgehead atoms. The quantitative estimate of drug-likeness (QED) is 0.507. The van der Waals surface area contributed by atoms with Crippen LogP contribution in [0.25, 0.3) is 0 Å². The van der Waals surface area contributed by atoms with Gasteiger partial charge in [-0.15, -0.1) is 0 Å². The van der Waals surface area contributed by atoms with Crippen molar-refractivity contribution in [1.82, 2.24) is 0 Å². The highest BCUT2D eigenvalue weighted by Crippen LogP contribution is 2.12. The molecule has 0 aromatic rings. The van der Waals surface area contributed by atoms with Crippen LogP contribution in [0.1, 0.15) is 71.6 Å². The van der Waals surface area contributed by atoms with Crippen molar-refractivity contribution in [2.75, 3.05) is 11.5 Å². The molecule has 0 rings (SSSR count). The van der Waals surface area contributed by atoms with Gasteiger partial charge in [0, 0.05) is 0 Å². The van der Waals surface area contributed by atoms with E-state index in [0.717, 1.165) is 18.6 Å². The van der Waals surface area contributed by atoms with Gasteiger partial charge in [0.15, 0.2) is 0 Å². The van der Waals surface area contributed by atoms with Crippen LogP contribution < -0.4 is 0 Å². The summed E-state index contributed by atoms with van der Waals surface area (Å²) in [5.74, 6) is 2.29. The number of aliphatic hydroxyl groups excluding tert-OH is 1. The van der Waals surface area contributed by atoms with Crippen LogP contribution in [-0.2, 0) is 0 Å². The average molecular weight is 246 g/mol. The van der Waals surface area contributed by atoms with Gasteiger partial charge in [-0.05, 0) is 24.3 Å².